The van der Waals surface area contributed by atoms with Crippen LogP contribution in [0, 0.1) is 10.1 Å². The standard InChI is InChI=1S/C17H16N6O2/c24-23(25)15-16(19-11-9-13-6-2-1-3-7-13)20-12-21-17(15)22-14-8-4-5-10-18-14/h1-8,10,12H,9,11H2,(H2,18,19,20,21,22). The third kappa shape index (κ3) is 4.25. The molecular formula is C17H16N6O2. The summed E-state index contributed by atoms with van der Waals surface area (Å²) in [5.74, 6) is 0.745. The van der Waals surface area contributed by atoms with E-state index in [1.165, 1.54) is 6.33 Å². The number of pyridine rings is 1. The first-order chi connectivity index (χ1) is 12.2. The summed E-state index contributed by atoms with van der Waals surface area (Å²) in [6.45, 7) is 0.519. The number of anilines is 3. The Bertz CT molecular complexity index is 842. The molecule has 0 amide bonds. The fourth-order valence-electron chi connectivity index (χ4n) is 2.30. The normalized spacial score (nSPS) is 10.2. The van der Waals surface area contributed by atoms with Crippen LogP contribution in [0.2, 0.25) is 0 Å². The number of rotatable bonds is 7. The summed E-state index contributed by atoms with van der Waals surface area (Å²) in [5, 5.41) is 17.4. The number of nitrogens with zero attached hydrogens (tertiary/aromatic N) is 4. The van der Waals surface area contributed by atoms with Gasteiger partial charge in [0.25, 0.3) is 0 Å². The molecule has 1 aromatic carbocycles. The third-order valence-corrected chi connectivity index (χ3v) is 3.47. The van der Waals surface area contributed by atoms with Crippen LogP contribution in [0.3, 0.4) is 0 Å². The van der Waals surface area contributed by atoms with E-state index in [1.54, 1.807) is 24.4 Å². The van der Waals surface area contributed by atoms with Crippen molar-refractivity contribution in [2.75, 3.05) is 17.2 Å². The van der Waals surface area contributed by atoms with E-state index >= 15 is 0 Å². The molecule has 0 spiro atoms. The molecule has 0 aliphatic carbocycles. The maximum atomic E-state index is 11.5. The molecule has 25 heavy (non-hydrogen) atoms. The van der Waals surface area contributed by atoms with Crippen molar-refractivity contribution in [2.24, 2.45) is 0 Å². The molecule has 2 N–H and O–H groups in total. The van der Waals surface area contributed by atoms with Gasteiger partial charge in [-0.05, 0) is 24.1 Å². The van der Waals surface area contributed by atoms with Gasteiger partial charge in [0.2, 0.25) is 11.6 Å². The van der Waals surface area contributed by atoms with Gasteiger partial charge < -0.3 is 10.6 Å². The van der Waals surface area contributed by atoms with Crippen molar-refractivity contribution >= 4 is 23.1 Å². The fourth-order valence-corrected chi connectivity index (χ4v) is 2.30. The van der Waals surface area contributed by atoms with E-state index in [1.807, 2.05) is 30.3 Å². The second kappa shape index (κ2) is 7.82. The van der Waals surface area contributed by atoms with E-state index < -0.39 is 4.92 Å². The number of benzene rings is 1. The Kier molecular flexibility index (Phi) is 5.10. The van der Waals surface area contributed by atoms with E-state index in [0.717, 1.165) is 12.0 Å². The highest BCUT2D eigenvalue weighted by Gasteiger charge is 2.23. The minimum atomic E-state index is -0.504. The first-order valence-electron chi connectivity index (χ1n) is 7.69. The predicted octanol–water partition coefficient (Wildman–Crippen LogP) is 3.18. The predicted molar refractivity (Wildman–Crippen MR) is 94.8 cm³/mol. The monoisotopic (exact) mass is 336 g/mol. The van der Waals surface area contributed by atoms with E-state index in [-0.39, 0.29) is 17.3 Å². The van der Waals surface area contributed by atoms with Crippen LogP contribution in [0.15, 0.2) is 61.1 Å². The molecule has 8 heteroatoms. The maximum Gasteiger partial charge on any atom is 0.353 e. The average Bonchev–Trinajstić information content (AvgIpc) is 2.63. The molecule has 0 unspecified atom stereocenters. The quantitative estimate of drug-likeness (QED) is 0.504. The Labute approximate surface area is 144 Å². The molecule has 0 aliphatic heterocycles. The Morgan fingerprint density at radius 3 is 2.44 bits per heavy atom. The van der Waals surface area contributed by atoms with Gasteiger partial charge in [0.15, 0.2) is 0 Å². The Morgan fingerprint density at radius 2 is 1.72 bits per heavy atom. The van der Waals surface area contributed by atoms with Crippen LogP contribution in [-0.2, 0) is 6.42 Å². The van der Waals surface area contributed by atoms with Crippen molar-refractivity contribution in [1.29, 1.82) is 0 Å². The summed E-state index contributed by atoms with van der Waals surface area (Å²) in [5.41, 5.74) is 0.930. The molecule has 0 fully saturated rings. The first kappa shape index (κ1) is 16.3. The van der Waals surface area contributed by atoms with Gasteiger partial charge in [0, 0.05) is 12.7 Å². The van der Waals surface area contributed by atoms with Gasteiger partial charge in [-0.15, -0.1) is 0 Å². The summed E-state index contributed by atoms with van der Waals surface area (Å²) in [6.07, 6.45) is 3.60. The van der Waals surface area contributed by atoms with E-state index in [0.29, 0.717) is 12.4 Å². The van der Waals surface area contributed by atoms with Crippen molar-refractivity contribution in [3.8, 4) is 0 Å². The van der Waals surface area contributed by atoms with Crippen molar-refractivity contribution in [3.63, 3.8) is 0 Å². The molecule has 0 bridgehead atoms. The van der Waals surface area contributed by atoms with Crippen LogP contribution in [0.5, 0.6) is 0 Å². The van der Waals surface area contributed by atoms with Gasteiger partial charge in [-0.2, -0.15) is 0 Å². The third-order valence-electron chi connectivity index (χ3n) is 3.47. The summed E-state index contributed by atoms with van der Waals surface area (Å²) in [7, 11) is 0. The second-order valence-electron chi connectivity index (χ2n) is 5.18. The Hall–Kier alpha value is -3.55. The zero-order valence-corrected chi connectivity index (χ0v) is 13.3. The van der Waals surface area contributed by atoms with E-state index in [4.69, 9.17) is 0 Å². The molecule has 0 atom stereocenters. The maximum absolute atomic E-state index is 11.5. The van der Waals surface area contributed by atoms with Gasteiger partial charge in [-0.1, -0.05) is 36.4 Å². The molecule has 0 radical (unpaired) electrons. The highest BCUT2D eigenvalue weighted by Crippen LogP contribution is 2.30. The van der Waals surface area contributed by atoms with Crippen LogP contribution >= 0.6 is 0 Å². The van der Waals surface area contributed by atoms with Gasteiger partial charge in [-0.3, -0.25) is 10.1 Å². The zero-order valence-electron chi connectivity index (χ0n) is 13.3. The van der Waals surface area contributed by atoms with Crippen LogP contribution in [0.4, 0.5) is 23.1 Å². The van der Waals surface area contributed by atoms with Gasteiger partial charge in [0.05, 0.1) is 4.92 Å². The van der Waals surface area contributed by atoms with Crippen LogP contribution in [0.1, 0.15) is 5.56 Å². The summed E-state index contributed by atoms with van der Waals surface area (Å²) in [4.78, 5) is 23.1. The highest BCUT2D eigenvalue weighted by molar-refractivity contribution is 5.72. The Balaban J connectivity index is 1.77. The fraction of sp³-hybridized carbons (Fsp3) is 0.118. The SMILES string of the molecule is O=[N+]([O-])c1c(NCCc2ccccc2)ncnc1Nc1ccccn1. The van der Waals surface area contributed by atoms with E-state index in [9.17, 15) is 10.1 Å². The molecule has 126 valence electrons. The highest BCUT2D eigenvalue weighted by atomic mass is 16.6. The topological polar surface area (TPSA) is 106 Å². The van der Waals surface area contributed by atoms with Crippen LogP contribution in [0.25, 0.3) is 0 Å². The van der Waals surface area contributed by atoms with Crippen molar-refractivity contribution in [1.82, 2.24) is 15.0 Å². The van der Waals surface area contributed by atoms with Gasteiger partial charge in [-0.25, -0.2) is 15.0 Å². The lowest BCUT2D eigenvalue weighted by atomic mass is 10.1. The Morgan fingerprint density at radius 1 is 0.960 bits per heavy atom. The van der Waals surface area contributed by atoms with Gasteiger partial charge in [0.1, 0.15) is 12.1 Å². The number of nitro groups is 1. The lowest BCUT2D eigenvalue weighted by Crippen LogP contribution is -2.11. The molecular weight excluding hydrogens is 320 g/mol. The molecule has 8 nitrogen and oxygen atoms in total. The average molecular weight is 336 g/mol. The summed E-state index contributed by atoms with van der Waals surface area (Å²) in [6, 6.07) is 15.1. The lowest BCUT2D eigenvalue weighted by molar-refractivity contribution is -0.383. The molecule has 2 aromatic heterocycles. The molecule has 0 saturated carbocycles. The second-order valence-corrected chi connectivity index (χ2v) is 5.18. The van der Waals surface area contributed by atoms with Crippen molar-refractivity contribution in [3.05, 3.63) is 76.7 Å². The molecule has 3 rings (SSSR count). The van der Waals surface area contributed by atoms with Crippen LogP contribution < -0.4 is 10.6 Å². The minimum Gasteiger partial charge on any atom is -0.364 e. The van der Waals surface area contributed by atoms with Crippen molar-refractivity contribution in [2.45, 2.75) is 6.42 Å². The first-order valence-corrected chi connectivity index (χ1v) is 7.69. The van der Waals surface area contributed by atoms with E-state index in [2.05, 4.69) is 25.6 Å². The number of nitrogens with one attached hydrogen (secondary N) is 2. The number of hydrogen-bond donors (Lipinski definition) is 2. The lowest BCUT2D eigenvalue weighted by Gasteiger charge is -2.09. The summed E-state index contributed by atoms with van der Waals surface area (Å²) < 4.78 is 0. The molecule has 2 heterocycles. The van der Waals surface area contributed by atoms with Crippen LogP contribution in [-0.4, -0.2) is 26.4 Å². The summed E-state index contributed by atoms with van der Waals surface area (Å²) >= 11 is 0. The minimum absolute atomic E-state index is 0.0981. The number of aromatic nitrogens is 3. The number of hydrogen-bond acceptors (Lipinski definition) is 7. The molecule has 0 saturated heterocycles. The smallest absolute Gasteiger partial charge is 0.353 e. The van der Waals surface area contributed by atoms with Gasteiger partial charge >= 0.3 is 5.69 Å². The molecule has 0 aliphatic rings. The largest absolute Gasteiger partial charge is 0.364 e. The van der Waals surface area contributed by atoms with Crippen molar-refractivity contribution < 1.29 is 4.92 Å². The zero-order chi connectivity index (χ0) is 17.5. The molecule has 3 aromatic rings.